The monoisotopic (exact) mass is 216 g/mol. The molecule has 0 atom stereocenters. The van der Waals surface area contributed by atoms with Crippen LogP contribution in [-0.4, -0.2) is 18.1 Å². The van der Waals surface area contributed by atoms with Crippen molar-refractivity contribution in [2.45, 2.75) is 26.2 Å². The Morgan fingerprint density at radius 2 is 1.36 bits per heavy atom. The first-order valence-corrected chi connectivity index (χ1v) is 10.5. The standard InChI is InChI=1S/C4H14FO3PSi2/c1-10(2)7-9(5,6)8-11(3)4/h10-11H,1-4H3. The van der Waals surface area contributed by atoms with Crippen molar-refractivity contribution in [2.75, 3.05) is 0 Å². The van der Waals surface area contributed by atoms with Crippen LogP contribution in [0.5, 0.6) is 0 Å². The third-order valence-corrected chi connectivity index (χ3v) is 6.06. The quantitative estimate of drug-likeness (QED) is 0.533. The molecule has 0 heterocycles. The van der Waals surface area contributed by atoms with Gasteiger partial charge in [0.25, 0.3) is 0 Å². The summed E-state index contributed by atoms with van der Waals surface area (Å²) in [6, 6.07) is 0. The second-order valence-electron chi connectivity index (χ2n) is 2.74. The molecule has 0 aliphatic rings. The van der Waals surface area contributed by atoms with Crippen LogP contribution >= 0.6 is 7.91 Å². The van der Waals surface area contributed by atoms with Crippen LogP contribution < -0.4 is 0 Å². The van der Waals surface area contributed by atoms with Crippen LogP contribution in [0.3, 0.4) is 0 Å². The third-order valence-electron chi connectivity index (χ3n) is 0.673. The summed E-state index contributed by atoms with van der Waals surface area (Å²) in [6.07, 6.45) is 0. The van der Waals surface area contributed by atoms with E-state index in [0.29, 0.717) is 0 Å². The van der Waals surface area contributed by atoms with Crippen LogP contribution in [-0.2, 0) is 13.0 Å². The summed E-state index contributed by atoms with van der Waals surface area (Å²) in [4.78, 5) is 0. The molecular formula is C4H14FO3PSi2. The summed E-state index contributed by atoms with van der Waals surface area (Å²) in [5.74, 6) is 0. The van der Waals surface area contributed by atoms with E-state index in [1.807, 2.05) is 0 Å². The Hall–Kier alpha value is 0.514. The van der Waals surface area contributed by atoms with Crippen LogP contribution in [0.15, 0.2) is 0 Å². The lowest BCUT2D eigenvalue weighted by molar-refractivity contribution is 0.345. The van der Waals surface area contributed by atoms with Crippen LogP contribution in [0.25, 0.3) is 0 Å². The Morgan fingerprint density at radius 3 is 1.55 bits per heavy atom. The largest absolute Gasteiger partial charge is 0.492 e. The zero-order valence-electron chi connectivity index (χ0n) is 7.20. The van der Waals surface area contributed by atoms with E-state index in [2.05, 4.69) is 8.43 Å². The highest BCUT2D eigenvalue weighted by atomic mass is 31.2. The number of halogens is 1. The van der Waals surface area contributed by atoms with E-state index >= 15 is 0 Å². The van der Waals surface area contributed by atoms with Crippen molar-refractivity contribution in [2.24, 2.45) is 0 Å². The van der Waals surface area contributed by atoms with E-state index in [4.69, 9.17) is 0 Å². The van der Waals surface area contributed by atoms with Gasteiger partial charge in [-0.15, -0.1) is 4.20 Å². The van der Waals surface area contributed by atoms with Gasteiger partial charge >= 0.3 is 7.91 Å². The maximum absolute atomic E-state index is 12.8. The Kier molecular flexibility index (Phi) is 4.73. The molecule has 11 heavy (non-hydrogen) atoms. The molecule has 0 saturated heterocycles. The number of hydrogen-bond acceptors (Lipinski definition) is 3. The zero-order chi connectivity index (χ0) is 9.07. The van der Waals surface area contributed by atoms with Crippen molar-refractivity contribution < 1.29 is 17.2 Å². The van der Waals surface area contributed by atoms with Crippen LogP contribution in [0, 0.1) is 0 Å². The molecule has 0 aromatic heterocycles. The topological polar surface area (TPSA) is 35.5 Å². The molecule has 7 heteroatoms. The summed E-state index contributed by atoms with van der Waals surface area (Å²) in [5, 5.41) is 0. The fraction of sp³-hybridized carbons (Fsp3) is 1.00. The Labute approximate surface area is 70.0 Å². The normalized spacial score (nSPS) is 13.0. The van der Waals surface area contributed by atoms with Crippen molar-refractivity contribution >= 4 is 26.0 Å². The number of hydrogen-bond donors (Lipinski definition) is 0. The fourth-order valence-corrected chi connectivity index (χ4v) is 5.20. The van der Waals surface area contributed by atoms with Gasteiger partial charge in [0.05, 0.1) is 0 Å². The van der Waals surface area contributed by atoms with Crippen LogP contribution in [0.2, 0.25) is 26.2 Å². The zero-order valence-corrected chi connectivity index (χ0v) is 10.4. The van der Waals surface area contributed by atoms with E-state index in [0.717, 1.165) is 0 Å². The summed E-state index contributed by atoms with van der Waals surface area (Å²) >= 11 is 0. The second kappa shape index (κ2) is 4.52. The lowest BCUT2D eigenvalue weighted by Crippen LogP contribution is -2.10. The number of rotatable bonds is 4. The summed E-state index contributed by atoms with van der Waals surface area (Å²) in [5.41, 5.74) is 0. The minimum Gasteiger partial charge on any atom is -0.331 e. The van der Waals surface area contributed by atoms with Gasteiger partial charge in [0.15, 0.2) is 18.1 Å². The molecule has 0 amide bonds. The van der Waals surface area contributed by atoms with E-state index in [-0.39, 0.29) is 0 Å². The lowest BCUT2D eigenvalue weighted by atomic mass is 11.9. The van der Waals surface area contributed by atoms with E-state index < -0.39 is 26.0 Å². The molecular weight excluding hydrogens is 202 g/mol. The molecule has 0 unspecified atom stereocenters. The average molecular weight is 216 g/mol. The van der Waals surface area contributed by atoms with Gasteiger partial charge in [0.2, 0.25) is 0 Å². The van der Waals surface area contributed by atoms with Gasteiger partial charge in [-0.3, -0.25) is 0 Å². The van der Waals surface area contributed by atoms with Gasteiger partial charge in [0, 0.05) is 0 Å². The Balaban J connectivity index is 3.91. The maximum Gasteiger partial charge on any atom is 0.492 e. The highest BCUT2D eigenvalue weighted by Crippen LogP contribution is 2.50. The molecule has 0 aliphatic carbocycles. The minimum absolute atomic E-state index is 1.60. The van der Waals surface area contributed by atoms with E-state index in [1.54, 1.807) is 26.2 Å². The fourth-order valence-electron chi connectivity index (χ4n) is 0.528. The Bertz CT molecular complexity index is 149. The Morgan fingerprint density at radius 1 is 1.09 bits per heavy atom. The van der Waals surface area contributed by atoms with Crippen molar-refractivity contribution in [3.05, 3.63) is 0 Å². The first kappa shape index (κ1) is 11.5. The van der Waals surface area contributed by atoms with Gasteiger partial charge < -0.3 is 8.43 Å². The summed E-state index contributed by atoms with van der Waals surface area (Å²) in [7, 11) is -7.37. The molecule has 0 spiro atoms. The molecule has 0 rings (SSSR count). The van der Waals surface area contributed by atoms with Crippen LogP contribution in [0.4, 0.5) is 4.20 Å². The van der Waals surface area contributed by atoms with Crippen molar-refractivity contribution in [3.8, 4) is 0 Å². The average Bonchev–Trinajstić information content (AvgIpc) is 1.53. The van der Waals surface area contributed by atoms with Gasteiger partial charge in [-0.2, -0.15) is 0 Å². The van der Waals surface area contributed by atoms with Crippen molar-refractivity contribution in [1.29, 1.82) is 0 Å². The molecule has 0 saturated carbocycles. The molecule has 0 aromatic rings. The molecule has 0 N–H and O–H groups in total. The lowest BCUT2D eigenvalue weighted by Gasteiger charge is -2.13. The van der Waals surface area contributed by atoms with Gasteiger partial charge in [0.1, 0.15) is 0 Å². The maximum atomic E-state index is 12.8. The minimum atomic E-state index is -4.18. The predicted molar refractivity (Wildman–Crippen MR) is 48.6 cm³/mol. The molecule has 3 nitrogen and oxygen atoms in total. The van der Waals surface area contributed by atoms with Crippen molar-refractivity contribution in [1.82, 2.24) is 0 Å². The first-order chi connectivity index (χ1) is 4.83. The smallest absolute Gasteiger partial charge is 0.331 e. The first-order valence-electron chi connectivity index (χ1n) is 3.50. The van der Waals surface area contributed by atoms with Gasteiger partial charge in [-0.25, -0.2) is 4.57 Å². The van der Waals surface area contributed by atoms with E-state index in [9.17, 15) is 8.76 Å². The molecule has 0 aliphatic heterocycles. The molecule has 0 aromatic carbocycles. The van der Waals surface area contributed by atoms with Crippen LogP contribution in [0.1, 0.15) is 0 Å². The predicted octanol–water partition coefficient (Wildman–Crippen LogP) is 2.06. The van der Waals surface area contributed by atoms with Gasteiger partial charge in [-0.1, -0.05) is 0 Å². The SMILES string of the molecule is C[SiH](C)OP(=O)(F)O[SiH](C)C. The third kappa shape index (κ3) is 6.89. The van der Waals surface area contributed by atoms with Gasteiger partial charge in [-0.05, 0) is 26.2 Å². The molecule has 0 radical (unpaired) electrons. The second-order valence-corrected chi connectivity index (χ2v) is 9.48. The van der Waals surface area contributed by atoms with Crippen molar-refractivity contribution in [3.63, 3.8) is 0 Å². The molecule has 68 valence electrons. The summed E-state index contributed by atoms with van der Waals surface area (Å²) in [6.45, 7) is 6.99. The molecule has 0 bridgehead atoms. The van der Waals surface area contributed by atoms with E-state index in [1.165, 1.54) is 0 Å². The highest BCUT2D eigenvalue weighted by molar-refractivity contribution is 7.50. The molecule has 0 fully saturated rings. The highest BCUT2D eigenvalue weighted by Gasteiger charge is 2.26. The summed E-state index contributed by atoms with van der Waals surface area (Å²) < 4.78 is 32.7.